The second-order valence-corrected chi connectivity index (χ2v) is 5.33. The highest BCUT2D eigenvalue weighted by Gasteiger charge is 2.14. The van der Waals surface area contributed by atoms with Crippen LogP contribution in [0.25, 0.3) is 0 Å². The van der Waals surface area contributed by atoms with E-state index in [-0.39, 0.29) is 0 Å². The minimum atomic E-state index is 0.522. The second-order valence-electron chi connectivity index (χ2n) is 4.51. The lowest BCUT2D eigenvalue weighted by Gasteiger charge is -2.20. The van der Waals surface area contributed by atoms with Gasteiger partial charge >= 0.3 is 0 Å². The molecule has 0 amide bonds. The van der Waals surface area contributed by atoms with Gasteiger partial charge in [0, 0.05) is 25.7 Å². The normalized spacial score (nSPS) is 10.7. The van der Waals surface area contributed by atoms with Gasteiger partial charge < -0.3 is 14.6 Å². The molecule has 108 valence electrons. The summed E-state index contributed by atoms with van der Waals surface area (Å²) in [6.45, 7) is 5.34. The van der Waals surface area contributed by atoms with Crippen molar-refractivity contribution in [1.29, 1.82) is 0 Å². The standard InChI is InChI=1S/C14H17Cl2N3O/c1-4-17-13-11(15)7-12(16)14(18-13)19(3)8-10-5-6-20-9(10)2/h5-7H,4,8H2,1-3H3,(H,17,18). The molecule has 20 heavy (non-hydrogen) atoms. The average Bonchev–Trinajstić information content (AvgIpc) is 2.78. The minimum Gasteiger partial charge on any atom is -0.469 e. The Morgan fingerprint density at radius 3 is 2.70 bits per heavy atom. The third kappa shape index (κ3) is 3.19. The van der Waals surface area contributed by atoms with Crippen LogP contribution in [0.4, 0.5) is 11.6 Å². The van der Waals surface area contributed by atoms with Gasteiger partial charge in [-0.3, -0.25) is 0 Å². The number of halogens is 2. The predicted octanol–water partition coefficient (Wildman–Crippen LogP) is 4.36. The molecule has 2 aromatic heterocycles. The molecule has 0 saturated heterocycles. The van der Waals surface area contributed by atoms with Crippen LogP contribution in [0.3, 0.4) is 0 Å². The molecule has 0 unspecified atom stereocenters. The van der Waals surface area contributed by atoms with E-state index in [1.807, 2.05) is 31.9 Å². The van der Waals surface area contributed by atoms with Crippen molar-refractivity contribution in [3.05, 3.63) is 39.8 Å². The van der Waals surface area contributed by atoms with E-state index in [9.17, 15) is 0 Å². The first-order valence-corrected chi connectivity index (χ1v) is 7.12. The first-order chi connectivity index (χ1) is 9.52. The Bertz CT molecular complexity index is 598. The second kappa shape index (κ2) is 6.37. The van der Waals surface area contributed by atoms with Crippen molar-refractivity contribution < 1.29 is 4.42 Å². The number of rotatable bonds is 5. The van der Waals surface area contributed by atoms with E-state index in [1.54, 1.807) is 12.3 Å². The number of anilines is 2. The van der Waals surface area contributed by atoms with Crippen molar-refractivity contribution in [2.45, 2.75) is 20.4 Å². The van der Waals surface area contributed by atoms with E-state index >= 15 is 0 Å². The molecule has 0 aliphatic carbocycles. The molecule has 0 aliphatic heterocycles. The summed E-state index contributed by atoms with van der Waals surface area (Å²) >= 11 is 12.3. The number of nitrogens with one attached hydrogen (secondary N) is 1. The summed E-state index contributed by atoms with van der Waals surface area (Å²) < 4.78 is 5.30. The quantitative estimate of drug-likeness (QED) is 0.890. The molecule has 4 nitrogen and oxygen atoms in total. The van der Waals surface area contributed by atoms with Crippen LogP contribution in [0.1, 0.15) is 18.2 Å². The van der Waals surface area contributed by atoms with Crippen LogP contribution >= 0.6 is 23.2 Å². The molecule has 1 N–H and O–H groups in total. The smallest absolute Gasteiger partial charge is 0.149 e. The Morgan fingerprint density at radius 2 is 2.10 bits per heavy atom. The molecule has 0 saturated carbocycles. The van der Waals surface area contributed by atoms with Crippen molar-refractivity contribution in [3.63, 3.8) is 0 Å². The van der Waals surface area contributed by atoms with E-state index in [2.05, 4.69) is 10.3 Å². The fourth-order valence-electron chi connectivity index (χ4n) is 1.92. The average molecular weight is 314 g/mol. The van der Waals surface area contributed by atoms with Crippen LogP contribution in [0.5, 0.6) is 0 Å². The van der Waals surface area contributed by atoms with Gasteiger partial charge in [0.2, 0.25) is 0 Å². The van der Waals surface area contributed by atoms with E-state index in [0.717, 1.165) is 17.9 Å². The number of hydrogen-bond donors (Lipinski definition) is 1. The van der Waals surface area contributed by atoms with Gasteiger partial charge in [-0.1, -0.05) is 23.2 Å². The van der Waals surface area contributed by atoms with Crippen molar-refractivity contribution in [2.75, 3.05) is 23.8 Å². The SMILES string of the molecule is CCNc1nc(N(C)Cc2ccoc2C)c(Cl)cc1Cl. The van der Waals surface area contributed by atoms with Crippen LogP contribution in [0, 0.1) is 6.92 Å². The Kier molecular flexibility index (Phi) is 4.78. The van der Waals surface area contributed by atoms with Gasteiger partial charge in [0.1, 0.15) is 17.4 Å². The number of hydrogen-bond acceptors (Lipinski definition) is 4. The maximum absolute atomic E-state index is 6.24. The van der Waals surface area contributed by atoms with Crippen LogP contribution in [0.2, 0.25) is 10.0 Å². The molecular formula is C14H17Cl2N3O. The third-order valence-corrected chi connectivity index (χ3v) is 3.56. The zero-order valence-corrected chi connectivity index (χ0v) is 13.2. The van der Waals surface area contributed by atoms with Crippen molar-refractivity contribution in [2.24, 2.45) is 0 Å². The maximum Gasteiger partial charge on any atom is 0.149 e. The number of aromatic nitrogens is 1. The Balaban J connectivity index is 2.27. The summed E-state index contributed by atoms with van der Waals surface area (Å²) in [7, 11) is 1.93. The zero-order valence-electron chi connectivity index (χ0n) is 11.7. The molecule has 2 aromatic rings. The largest absolute Gasteiger partial charge is 0.469 e. The van der Waals surface area contributed by atoms with Crippen LogP contribution < -0.4 is 10.2 Å². The first-order valence-electron chi connectivity index (χ1n) is 6.37. The summed E-state index contributed by atoms with van der Waals surface area (Å²) in [5.41, 5.74) is 1.10. The lowest BCUT2D eigenvalue weighted by Crippen LogP contribution is -2.19. The minimum absolute atomic E-state index is 0.522. The lowest BCUT2D eigenvalue weighted by atomic mass is 10.2. The molecule has 0 fully saturated rings. The number of furan rings is 1. The molecule has 0 atom stereocenters. The van der Waals surface area contributed by atoms with Crippen LogP contribution in [-0.4, -0.2) is 18.6 Å². The monoisotopic (exact) mass is 313 g/mol. The van der Waals surface area contributed by atoms with Crippen molar-refractivity contribution in [1.82, 2.24) is 4.98 Å². The molecule has 0 radical (unpaired) electrons. The summed E-state index contributed by atoms with van der Waals surface area (Å²) in [6, 6.07) is 3.66. The Hall–Kier alpha value is -1.39. The summed E-state index contributed by atoms with van der Waals surface area (Å²) in [6.07, 6.45) is 1.68. The number of aryl methyl sites for hydroxylation is 1. The number of nitrogens with zero attached hydrogens (tertiary/aromatic N) is 2. The summed E-state index contributed by atoms with van der Waals surface area (Å²) in [5.74, 6) is 2.23. The Morgan fingerprint density at radius 1 is 1.35 bits per heavy atom. The fourth-order valence-corrected chi connectivity index (χ4v) is 2.49. The van der Waals surface area contributed by atoms with Gasteiger partial charge in [-0.05, 0) is 26.0 Å². The topological polar surface area (TPSA) is 41.3 Å². The first kappa shape index (κ1) is 15.0. The molecule has 6 heteroatoms. The highest BCUT2D eigenvalue weighted by molar-refractivity contribution is 6.37. The van der Waals surface area contributed by atoms with Crippen LogP contribution in [0.15, 0.2) is 22.8 Å². The van der Waals surface area contributed by atoms with Gasteiger partial charge in [0.15, 0.2) is 0 Å². The van der Waals surface area contributed by atoms with E-state index in [4.69, 9.17) is 27.6 Å². The highest BCUT2D eigenvalue weighted by atomic mass is 35.5. The molecule has 2 rings (SSSR count). The summed E-state index contributed by atoms with van der Waals surface area (Å²) in [4.78, 5) is 6.46. The zero-order chi connectivity index (χ0) is 14.7. The maximum atomic E-state index is 6.24. The fraction of sp³-hybridized carbons (Fsp3) is 0.357. The lowest BCUT2D eigenvalue weighted by molar-refractivity contribution is 0.529. The summed E-state index contributed by atoms with van der Waals surface area (Å²) in [5, 5.41) is 4.17. The van der Waals surface area contributed by atoms with Gasteiger partial charge in [0.05, 0.1) is 16.3 Å². The molecule has 0 aliphatic rings. The van der Waals surface area contributed by atoms with E-state index in [0.29, 0.717) is 28.2 Å². The molecule has 0 aromatic carbocycles. The highest BCUT2D eigenvalue weighted by Crippen LogP contribution is 2.31. The molecule has 0 spiro atoms. The molecule has 0 bridgehead atoms. The van der Waals surface area contributed by atoms with Gasteiger partial charge in [-0.25, -0.2) is 4.98 Å². The van der Waals surface area contributed by atoms with Gasteiger partial charge in [-0.2, -0.15) is 0 Å². The molecule has 2 heterocycles. The third-order valence-electron chi connectivity index (χ3n) is 2.99. The van der Waals surface area contributed by atoms with E-state index in [1.165, 1.54) is 0 Å². The van der Waals surface area contributed by atoms with Gasteiger partial charge in [0.25, 0.3) is 0 Å². The number of pyridine rings is 1. The van der Waals surface area contributed by atoms with Crippen molar-refractivity contribution in [3.8, 4) is 0 Å². The predicted molar refractivity (Wildman–Crippen MR) is 84.0 cm³/mol. The van der Waals surface area contributed by atoms with Crippen molar-refractivity contribution >= 4 is 34.8 Å². The van der Waals surface area contributed by atoms with Crippen LogP contribution in [-0.2, 0) is 6.54 Å². The van der Waals surface area contributed by atoms with E-state index < -0.39 is 0 Å². The molecular weight excluding hydrogens is 297 g/mol. The Labute approximate surface area is 128 Å². The van der Waals surface area contributed by atoms with Gasteiger partial charge in [-0.15, -0.1) is 0 Å².